The largest absolute Gasteiger partial charge is 0.491 e. The average molecular weight is 348 g/mol. The quantitative estimate of drug-likeness (QED) is 0.735. The molecule has 0 aliphatic rings. The van der Waals surface area contributed by atoms with Crippen molar-refractivity contribution in [2.24, 2.45) is 0 Å². The number of anilines is 1. The summed E-state index contributed by atoms with van der Waals surface area (Å²) in [7, 11) is 0. The van der Waals surface area contributed by atoms with E-state index in [-0.39, 0.29) is 0 Å². The maximum absolute atomic E-state index is 5.78. The van der Waals surface area contributed by atoms with Crippen LogP contribution in [0.3, 0.4) is 0 Å². The minimum absolute atomic E-state index is 0.345. The highest BCUT2D eigenvalue weighted by atomic mass is 79.9. The van der Waals surface area contributed by atoms with Crippen LogP contribution < -0.4 is 10.1 Å². The number of ether oxygens (including phenoxy) is 1. The number of para-hydroxylation sites is 2. The number of benzene rings is 2. The minimum Gasteiger partial charge on any atom is -0.491 e. The molecule has 0 bridgehead atoms. The summed E-state index contributed by atoms with van der Waals surface area (Å²) in [4.78, 5) is 0. The molecule has 0 spiro atoms. The number of hydrogen-bond acceptors (Lipinski definition) is 2. The zero-order valence-corrected chi connectivity index (χ0v) is 14.2. The SMILES string of the molecule is CCCOc1ccccc1NC(C)Cc1ccc(Br)cc1. The third-order valence-electron chi connectivity index (χ3n) is 3.21. The molecule has 0 aliphatic carbocycles. The Morgan fingerprint density at radius 2 is 1.81 bits per heavy atom. The lowest BCUT2D eigenvalue weighted by molar-refractivity contribution is 0.318. The first-order valence-corrected chi connectivity index (χ1v) is 8.21. The van der Waals surface area contributed by atoms with Gasteiger partial charge in [0.15, 0.2) is 0 Å². The molecule has 0 amide bonds. The van der Waals surface area contributed by atoms with Crippen molar-refractivity contribution in [3.05, 3.63) is 58.6 Å². The zero-order valence-electron chi connectivity index (χ0n) is 12.6. The van der Waals surface area contributed by atoms with Crippen molar-refractivity contribution in [1.29, 1.82) is 0 Å². The van der Waals surface area contributed by atoms with Gasteiger partial charge in [0.25, 0.3) is 0 Å². The highest BCUT2D eigenvalue weighted by Crippen LogP contribution is 2.25. The van der Waals surface area contributed by atoms with Crippen LogP contribution in [0.25, 0.3) is 0 Å². The summed E-state index contributed by atoms with van der Waals surface area (Å²) in [5, 5.41) is 3.55. The van der Waals surface area contributed by atoms with Gasteiger partial charge in [0.2, 0.25) is 0 Å². The Morgan fingerprint density at radius 3 is 2.52 bits per heavy atom. The van der Waals surface area contributed by atoms with Crippen molar-refractivity contribution in [3.8, 4) is 5.75 Å². The zero-order chi connectivity index (χ0) is 15.1. The molecule has 0 saturated carbocycles. The van der Waals surface area contributed by atoms with Gasteiger partial charge < -0.3 is 10.1 Å². The lowest BCUT2D eigenvalue weighted by Gasteiger charge is -2.18. The summed E-state index contributed by atoms with van der Waals surface area (Å²) in [5.41, 5.74) is 2.39. The van der Waals surface area contributed by atoms with Gasteiger partial charge >= 0.3 is 0 Å². The fraction of sp³-hybridized carbons (Fsp3) is 0.333. The summed E-state index contributed by atoms with van der Waals surface area (Å²) in [5.74, 6) is 0.932. The van der Waals surface area contributed by atoms with Crippen molar-refractivity contribution in [3.63, 3.8) is 0 Å². The molecule has 0 saturated heterocycles. The van der Waals surface area contributed by atoms with Crippen molar-refractivity contribution >= 4 is 21.6 Å². The smallest absolute Gasteiger partial charge is 0.142 e. The number of nitrogens with one attached hydrogen (secondary N) is 1. The summed E-state index contributed by atoms with van der Waals surface area (Å²) in [6, 6.07) is 17.0. The third kappa shape index (κ3) is 5.09. The molecule has 1 unspecified atom stereocenters. The van der Waals surface area contributed by atoms with E-state index in [4.69, 9.17) is 4.74 Å². The normalized spacial score (nSPS) is 12.0. The highest BCUT2D eigenvalue weighted by Gasteiger charge is 2.07. The van der Waals surface area contributed by atoms with E-state index in [1.807, 2.05) is 18.2 Å². The first-order valence-electron chi connectivity index (χ1n) is 7.42. The van der Waals surface area contributed by atoms with Gasteiger partial charge in [-0.1, -0.05) is 47.1 Å². The molecule has 0 radical (unpaired) electrons. The topological polar surface area (TPSA) is 21.3 Å². The molecule has 21 heavy (non-hydrogen) atoms. The van der Waals surface area contributed by atoms with E-state index in [9.17, 15) is 0 Å². The van der Waals surface area contributed by atoms with E-state index in [0.717, 1.165) is 35.4 Å². The number of rotatable bonds is 7. The van der Waals surface area contributed by atoms with Gasteiger partial charge in [-0.25, -0.2) is 0 Å². The molecule has 2 aromatic carbocycles. The Hall–Kier alpha value is -1.48. The van der Waals surface area contributed by atoms with Crippen LogP contribution in [-0.2, 0) is 6.42 Å². The average Bonchev–Trinajstić information content (AvgIpc) is 2.49. The molecule has 1 N–H and O–H groups in total. The van der Waals surface area contributed by atoms with E-state index in [1.165, 1.54) is 5.56 Å². The van der Waals surface area contributed by atoms with Crippen LogP contribution >= 0.6 is 15.9 Å². The predicted molar refractivity (Wildman–Crippen MR) is 93.2 cm³/mol. The molecule has 2 nitrogen and oxygen atoms in total. The molecule has 0 heterocycles. The molecule has 1 atom stereocenters. The molecule has 0 fully saturated rings. The van der Waals surface area contributed by atoms with E-state index >= 15 is 0 Å². The third-order valence-corrected chi connectivity index (χ3v) is 3.73. The Bertz CT molecular complexity index is 553. The van der Waals surface area contributed by atoms with Crippen LogP contribution in [0.1, 0.15) is 25.8 Å². The van der Waals surface area contributed by atoms with Crippen LogP contribution in [0.15, 0.2) is 53.0 Å². The van der Waals surface area contributed by atoms with Crippen LogP contribution in [0.5, 0.6) is 5.75 Å². The molecule has 112 valence electrons. The predicted octanol–water partition coefficient (Wildman–Crippen LogP) is 5.28. The van der Waals surface area contributed by atoms with Gasteiger partial charge in [-0.2, -0.15) is 0 Å². The first kappa shape index (κ1) is 15.9. The number of hydrogen-bond donors (Lipinski definition) is 1. The van der Waals surface area contributed by atoms with Crippen LogP contribution in [-0.4, -0.2) is 12.6 Å². The second-order valence-electron chi connectivity index (χ2n) is 5.22. The van der Waals surface area contributed by atoms with Gasteiger partial charge in [-0.05, 0) is 49.6 Å². The van der Waals surface area contributed by atoms with Crippen molar-refractivity contribution in [2.75, 3.05) is 11.9 Å². The summed E-state index contributed by atoms with van der Waals surface area (Å²) in [6.07, 6.45) is 2.00. The van der Waals surface area contributed by atoms with E-state index < -0.39 is 0 Å². The van der Waals surface area contributed by atoms with Gasteiger partial charge in [0.05, 0.1) is 12.3 Å². The molecule has 2 rings (SSSR count). The van der Waals surface area contributed by atoms with Crippen molar-refractivity contribution < 1.29 is 4.74 Å². The van der Waals surface area contributed by atoms with Gasteiger partial charge in [0.1, 0.15) is 5.75 Å². The standard InChI is InChI=1S/C18H22BrNO/c1-3-12-21-18-7-5-4-6-17(18)20-14(2)13-15-8-10-16(19)11-9-15/h4-11,14,20H,3,12-13H2,1-2H3. The molecular formula is C18H22BrNO. The fourth-order valence-corrected chi connectivity index (χ4v) is 2.48. The fourth-order valence-electron chi connectivity index (χ4n) is 2.21. The Kier molecular flexibility index (Phi) is 6.12. The van der Waals surface area contributed by atoms with Crippen LogP contribution in [0, 0.1) is 0 Å². The van der Waals surface area contributed by atoms with Gasteiger partial charge in [-0.3, -0.25) is 0 Å². The summed E-state index contributed by atoms with van der Waals surface area (Å²) in [6.45, 7) is 5.06. The van der Waals surface area contributed by atoms with Gasteiger partial charge in [0, 0.05) is 10.5 Å². The molecule has 0 aromatic heterocycles. The Balaban J connectivity index is 1.98. The molecular weight excluding hydrogens is 326 g/mol. The van der Waals surface area contributed by atoms with Gasteiger partial charge in [-0.15, -0.1) is 0 Å². The Labute approximate surface area is 135 Å². The number of halogens is 1. The second-order valence-corrected chi connectivity index (χ2v) is 6.14. The monoisotopic (exact) mass is 347 g/mol. The van der Waals surface area contributed by atoms with Crippen LogP contribution in [0.4, 0.5) is 5.69 Å². The minimum atomic E-state index is 0.345. The highest BCUT2D eigenvalue weighted by molar-refractivity contribution is 9.10. The molecule has 0 aliphatic heterocycles. The van der Waals surface area contributed by atoms with Crippen molar-refractivity contribution in [2.45, 2.75) is 32.7 Å². The lowest BCUT2D eigenvalue weighted by Crippen LogP contribution is -2.18. The van der Waals surface area contributed by atoms with E-state index in [1.54, 1.807) is 0 Å². The molecule has 3 heteroatoms. The van der Waals surface area contributed by atoms with Crippen molar-refractivity contribution in [1.82, 2.24) is 0 Å². The van der Waals surface area contributed by atoms with E-state index in [2.05, 4.69) is 65.4 Å². The van der Waals surface area contributed by atoms with E-state index in [0.29, 0.717) is 6.04 Å². The molecule has 2 aromatic rings. The maximum Gasteiger partial charge on any atom is 0.142 e. The second kappa shape index (κ2) is 8.08. The maximum atomic E-state index is 5.78. The Morgan fingerprint density at radius 1 is 1.10 bits per heavy atom. The summed E-state index contributed by atoms with van der Waals surface area (Å²) >= 11 is 3.47. The summed E-state index contributed by atoms with van der Waals surface area (Å²) < 4.78 is 6.90. The lowest BCUT2D eigenvalue weighted by atomic mass is 10.1. The first-order chi connectivity index (χ1) is 10.2. The van der Waals surface area contributed by atoms with Crippen LogP contribution in [0.2, 0.25) is 0 Å².